The molecule has 5 nitrogen and oxygen atoms in total. The zero-order valence-electron chi connectivity index (χ0n) is 12.6. The molecule has 0 spiro atoms. The molecular formula is C15H22N2O3S. The Hall–Kier alpha value is -1.69. The summed E-state index contributed by atoms with van der Waals surface area (Å²) in [4.78, 5) is 22.8. The number of hydrogen-bond donors (Lipinski definition) is 3. The molecular weight excluding hydrogens is 288 g/mol. The largest absolute Gasteiger partial charge is 0.481 e. The van der Waals surface area contributed by atoms with Crippen LogP contribution in [0.5, 0.6) is 0 Å². The highest BCUT2D eigenvalue weighted by atomic mass is 32.2. The Morgan fingerprint density at radius 2 is 1.86 bits per heavy atom. The third-order valence-electron chi connectivity index (χ3n) is 3.21. The van der Waals surface area contributed by atoms with Gasteiger partial charge in [-0.15, -0.1) is 0 Å². The number of carboxylic acid groups (broad SMARTS) is 1. The Labute approximate surface area is 129 Å². The zero-order valence-corrected chi connectivity index (χ0v) is 13.4. The topological polar surface area (TPSA) is 78.4 Å². The highest BCUT2D eigenvalue weighted by Crippen LogP contribution is 2.24. The van der Waals surface area contributed by atoms with E-state index < -0.39 is 11.4 Å². The van der Waals surface area contributed by atoms with E-state index in [1.165, 1.54) is 0 Å². The van der Waals surface area contributed by atoms with Crippen molar-refractivity contribution in [1.82, 2.24) is 5.32 Å². The van der Waals surface area contributed by atoms with Crippen molar-refractivity contribution in [1.29, 1.82) is 0 Å². The first-order valence-electron chi connectivity index (χ1n) is 6.75. The number of anilines is 1. The van der Waals surface area contributed by atoms with Crippen molar-refractivity contribution >= 4 is 29.4 Å². The minimum atomic E-state index is -0.946. The van der Waals surface area contributed by atoms with E-state index in [0.717, 1.165) is 12.2 Å². The predicted molar refractivity (Wildman–Crippen MR) is 87.1 cm³/mol. The second kappa shape index (κ2) is 7.93. The summed E-state index contributed by atoms with van der Waals surface area (Å²) >= 11 is 1.74. The van der Waals surface area contributed by atoms with Crippen LogP contribution < -0.4 is 10.6 Å². The highest BCUT2D eigenvalue weighted by molar-refractivity contribution is 7.98. The summed E-state index contributed by atoms with van der Waals surface area (Å²) in [6.45, 7) is 3.93. The normalized spacial score (nSPS) is 11.0. The summed E-state index contributed by atoms with van der Waals surface area (Å²) in [5.74, 6) is 0.133. The lowest BCUT2D eigenvalue weighted by molar-refractivity contribution is -0.142. The smallest absolute Gasteiger partial charge is 0.319 e. The fraction of sp³-hybridized carbons (Fsp3) is 0.467. The molecule has 2 amide bonds. The third-order valence-corrected chi connectivity index (χ3v) is 3.91. The first kappa shape index (κ1) is 17.4. The monoisotopic (exact) mass is 310 g/mol. The number of nitrogens with one attached hydrogen (secondary N) is 2. The maximum absolute atomic E-state index is 11.6. The second-order valence-electron chi connectivity index (χ2n) is 5.23. The van der Waals surface area contributed by atoms with Gasteiger partial charge in [0.25, 0.3) is 0 Å². The van der Waals surface area contributed by atoms with Gasteiger partial charge in [0, 0.05) is 12.2 Å². The van der Waals surface area contributed by atoms with E-state index in [9.17, 15) is 9.59 Å². The summed E-state index contributed by atoms with van der Waals surface area (Å²) in [6, 6.07) is 6.61. The number of thioether (sulfide) groups is 1. The van der Waals surface area contributed by atoms with Gasteiger partial charge >= 0.3 is 12.0 Å². The average Bonchev–Trinajstić information content (AvgIpc) is 2.44. The van der Waals surface area contributed by atoms with E-state index in [0.29, 0.717) is 17.8 Å². The van der Waals surface area contributed by atoms with E-state index >= 15 is 0 Å². The van der Waals surface area contributed by atoms with Crippen LogP contribution in [0.25, 0.3) is 0 Å². The van der Waals surface area contributed by atoms with Gasteiger partial charge in [0.1, 0.15) is 0 Å². The van der Waals surface area contributed by atoms with Gasteiger partial charge < -0.3 is 15.7 Å². The van der Waals surface area contributed by atoms with Crippen molar-refractivity contribution in [2.24, 2.45) is 0 Å². The molecule has 0 saturated heterocycles. The molecule has 0 aliphatic rings. The number of amides is 2. The maximum atomic E-state index is 11.6. The summed E-state index contributed by atoms with van der Waals surface area (Å²) in [6.07, 6.45) is 2.96. The molecule has 1 aromatic rings. The van der Waals surface area contributed by atoms with Crippen molar-refractivity contribution in [3.63, 3.8) is 0 Å². The zero-order chi connectivity index (χ0) is 15.9. The first-order valence-corrected chi connectivity index (χ1v) is 8.15. The minimum Gasteiger partial charge on any atom is -0.481 e. The molecule has 0 saturated carbocycles. The van der Waals surface area contributed by atoms with Gasteiger partial charge in [-0.2, -0.15) is 11.8 Å². The molecule has 0 heterocycles. The van der Waals surface area contributed by atoms with E-state index in [4.69, 9.17) is 5.11 Å². The molecule has 0 aromatic heterocycles. The number of carboxylic acids is 1. The Bertz CT molecular complexity index is 486. The van der Waals surface area contributed by atoms with Gasteiger partial charge in [-0.25, -0.2) is 4.79 Å². The van der Waals surface area contributed by atoms with Crippen LogP contribution in [0.1, 0.15) is 25.8 Å². The van der Waals surface area contributed by atoms with E-state index in [1.807, 2.05) is 6.26 Å². The quantitative estimate of drug-likeness (QED) is 0.677. The number of rotatable bonds is 7. The molecule has 0 unspecified atom stereocenters. The average molecular weight is 310 g/mol. The predicted octanol–water partition coefficient (Wildman–Crippen LogP) is 2.92. The lowest BCUT2D eigenvalue weighted by atomic mass is 9.85. The molecule has 0 fully saturated rings. The molecule has 0 aliphatic heterocycles. The molecule has 1 rings (SSSR count). The lowest BCUT2D eigenvalue weighted by Crippen LogP contribution is -2.30. The lowest BCUT2D eigenvalue weighted by Gasteiger charge is -2.19. The number of hydrogen-bond acceptors (Lipinski definition) is 3. The van der Waals surface area contributed by atoms with Gasteiger partial charge in [0.05, 0.1) is 5.41 Å². The number of urea groups is 1. The summed E-state index contributed by atoms with van der Waals surface area (Å²) in [7, 11) is 0. The number of benzene rings is 1. The van der Waals surface area contributed by atoms with Crippen molar-refractivity contribution in [2.45, 2.75) is 25.7 Å². The fourth-order valence-electron chi connectivity index (χ4n) is 1.69. The third kappa shape index (κ3) is 5.30. The Kier molecular flexibility index (Phi) is 6.55. The van der Waals surface area contributed by atoms with Crippen LogP contribution in [-0.4, -0.2) is 35.7 Å². The molecule has 1 aromatic carbocycles. The Balaban J connectivity index is 2.55. The van der Waals surface area contributed by atoms with Crippen molar-refractivity contribution in [3.05, 3.63) is 29.8 Å². The Morgan fingerprint density at radius 1 is 1.24 bits per heavy atom. The SMILES string of the molecule is CSCCCNC(=O)Nc1ccc(C(C)(C)C(=O)O)cc1. The number of carbonyl (C=O) groups is 2. The van der Waals surface area contributed by atoms with Gasteiger partial charge in [-0.05, 0) is 50.0 Å². The van der Waals surface area contributed by atoms with Crippen LogP contribution in [0.2, 0.25) is 0 Å². The second-order valence-corrected chi connectivity index (χ2v) is 6.22. The van der Waals surface area contributed by atoms with Gasteiger partial charge in [-0.1, -0.05) is 12.1 Å². The van der Waals surface area contributed by atoms with Crippen LogP contribution >= 0.6 is 11.8 Å². The molecule has 116 valence electrons. The molecule has 6 heteroatoms. The molecule has 21 heavy (non-hydrogen) atoms. The molecule has 3 N–H and O–H groups in total. The van der Waals surface area contributed by atoms with Crippen LogP contribution in [0, 0.1) is 0 Å². The van der Waals surface area contributed by atoms with E-state index in [2.05, 4.69) is 10.6 Å². The minimum absolute atomic E-state index is 0.249. The summed E-state index contributed by atoms with van der Waals surface area (Å²) in [5.41, 5.74) is 0.391. The van der Waals surface area contributed by atoms with Crippen LogP contribution in [0.3, 0.4) is 0 Å². The molecule has 0 aliphatic carbocycles. The van der Waals surface area contributed by atoms with Crippen LogP contribution in [-0.2, 0) is 10.2 Å². The van der Waals surface area contributed by atoms with Gasteiger partial charge in [0.2, 0.25) is 0 Å². The maximum Gasteiger partial charge on any atom is 0.319 e. The number of aliphatic carboxylic acids is 1. The first-order chi connectivity index (χ1) is 9.87. The highest BCUT2D eigenvalue weighted by Gasteiger charge is 2.29. The van der Waals surface area contributed by atoms with E-state index in [1.54, 1.807) is 49.9 Å². The van der Waals surface area contributed by atoms with Crippen LogP contribution in [0.4, 0.5) is 10.5 Å². The van der Waals surface area contributed by atoms with Crippen molar-refractivity contribution in [3.8, 4) is 0 Å². The number of carbonyl (C=O) groups excluding carboxylic acids is 1. The molecule has 0 bridgehead atoms. The van der Waals surface area contributed by atoms with Crippen molar-refractivity contribution in [2.75, 3.05) is 23.9 Å². The van der Waals surface area contributed by atoms with Crippen LogP contribution in [0.15, 0.2) is 24.3 Å². The standard InChI is InChI=1S/C15H22N2O3S/c1-15(2,13(18)19)11-5-7-12(8-6-11)17-14(20)16-9-4-10-21-3/h5-8H,4,9-10H2,1-3H3,(H,18,19)(H2,16,17,20). The Morgan fingerprint density at radius 3 is 2.38 bits per heavy atom. The molecule has 0 atom stereocenters. The van der Waals surface area contributed by atoms with Gasteiger partial charge in [0.15, 0.2) is 0 Å². The summed E-state index contributed by atoms with van der Waals surface area (Å²) in [5, 5.41) is 14.7. The van der Waals surface area contributed by atoms with Crippen molar-refractivity contribution < 1.29 is 14.7 Å². The van der Waals surface area contributed by atoms with E-state index in [-0.39, 0.29) is 6.03 Å². The molecule has 0 radical (unpaired) electrons. The summed E-state index contributed by atoms with van der Waals surface area (Å²) < 4.78 is 0. The van der Waals surface area contributed by atoms with Gasteiger partial charge in [-0.3, -0.25) is 4.79 Å². The fourth-order valence-corrected chi connectivity index (χ4v) is 2.12.